The van der Waals surface area contributed by atoms with Crippen molar-refractivity contribution in [3.63, 3.8) is 0 Å². The van der Waals surface area contributed by atoms with E-state index in [0.29, 0.717) is 0 Å². The van der Waals surface area contributed by atoms with Crippen molar-refractivity contribution in [3.05, 3.63) is 30.1 Å². The van der Waals surface area contributed by atoms with Crippen LogP contribution < -0.4 is 5.32 Å². The zero-order valence-corrected chi connectivity index (χ0v) is 8.30. The van der Waals surface area contributed by atoms with Gasteiger partial charge >= 0.3 is 5.97 Å². The predicted octanol–water partition coefficient (Wildman–Crippen LogP) is 0.409. The molecular formula is C10H11N3O2. The lowest BCUT2D eigenvalue weighted by Crippen LogP contribution is -2.27. The first-order valence-corrected chi connectivity index (χ1v) is 4.37. The molecule has 0 aliphatic carbocycles. The number of carbonyl (C=O) groups is 1. The van der Waals surface area contributed by atoms with Crippen LogP contribution in [-0.4, -0.2) is 24.6 Å². The van der Waals surface area contributed by atoms with E-state index < -0.39 is 12.0 Å². The molecule has 78 valence electrons. The Morgan fingerprint density at radius 3 is 3.13 bits per heavy atom. The van der Waals surface area contributed by atoms with Crippen LogP contribution in [0.4, 0.5) is 0 Å². The van der Waals surface area contributed by atoms with Crippen LogP contribution in [0, 0.1) is 11.3 Å². The molecule has 0 saturated carbocycles. The number of esters is 1. The lowest BCUT2D eigenvalue weighted by atomic mass is 10.1. The highest BCUT2D eigenvalue weighted by Gasteiger charge is 2.11. The van der Waals surface area contributed by atoms with Crippen LogP contribution in [0.15, 0.2) is 24.5 Å². The van der Waals surface area contributed by atoms with E-state index in [4.69, 9.17) is 5.26 Å². The Kier molecular flexibility index (Phi) is 4.26. The molecule has 0 aliphatic rings. The first-order chi connectivity index (χ1) is 7.27. The number of carbonyl (C=O) groups excluding carboxylic acids is 1. The molecule has 0 spiro atoms. The number of nitriles is 1. The van der Waals surface area contributed by atoms with Crippen molar-refractivity contribution >= 4 is 5.97 Å². The molecular weight excluding hydrogens is 194 g/mol. The van der Waals surface area contributed by atoms with Gasteiger partial charge in [-0.1, -0.05) is 6.07 Å². The summed E-state index contributed by atoms with van der Waals surface area (Å²) in [4.78, 5) is 14.7. The molecule has 1 aromatic rings. The van der Waals surface area contributed by atoms with Gasteiger partial charge in [0, 0.05) is 18.0 Å². The summed E-state index contributed by atoms with van der Waals surface area (Å²) < 4.78 is 4.45. The molecule has 0 radical (unpaired) electrons. The molecule has 1 heterocycles. The van der Waals surface area contributed by atoms with Gasteiger partial charge in [0.1, 0.15) is 6.04 Å². The van der Waals surface area contributed by atoms with Gasteiger partial charge in [-0.05, 0) is 6.07 Å². The number of hydrogen-bond acceptors (Lipinski definition) is 5. The number of nitrogens with one attached hydrogen (secondary N) is 1. The number of rotatable bonds is 4. The Bertz CT molecular complexity index is 359. The molecule has 1 N–H and O–H groups in total. The van der Waals surface area contributed by atoms with Gasteiger partial charge in [0.2, 0.25) is 0 Å². The van der Waals surface area contributed by atoms with Crippen molar-refractivity contribution in [3.8, 4) is 6.07 Å². The maximum absolute atomic E-state index is 10.9. The second-order valence-corrected chi connectivity index (χ2v) is 2.81. The number of methoxy groups -OCH3 is 1. The molecule has 1 atom stereocenters. The minimum Gasteiger partial charge on any atom is -0.468 e. The maximum atomic E-state index is 10.9. The third kappa shape index (κ3) is 3.37. The van der Waals surface area contributed by atoms with Crippen LogP contribution >= 0.6 is 0 Å². The number of hydrogen-bond donors (Lipinski definition) is 1. The first kappa shape index (κ1) is 11.1. The number of pyridine rings is 1. The van der Waals surface area contributed by atoms with Crippen LogP contribution in [0.25, 0.3) is 0 Å². The minimum absolute atomic E-state index is 0.00359. The fraction of sp³-hybridized carbons (Fsp3) is 0.300. The fourth-order valence-corrected chi connectivity index (χ4v) is 1.04. The van der Waals surface area contributed by atoms with E-state index in [1.165, 1.54) is 7.11 Å². The molecule has 15 heavy (non-hydrogen) atoms. The Morgan fingerprint density at radius 2 is 2.60 bits per heavy atom. The van der Waals surface area contributed by atoms with Crippen molar-refractivity contribution in [1.82, 2.24) is 10.3 Å². The zero-order valence-electron chi connectivity index (χ0n) is 8.30. The molecule has 5 nitrogen and oxygen atoms in total. The highest BCUT2D eigenvalue weighted by Crippen LogP contribution is 2.08. The van der Waals surface area contributed by atoms with Gasteiger partial charge in [0.25, 0.3) is 0 Å². The molecule has 0 saturated heterocycles. The largest absolute Gasteiger partial charge is 0.468 e. The van der Waals surface area contributed by atoms with E-state index >= 15 is 0 Å². The van der Waals surface area contributed by atoms with Crippen LogP contribution in [0.1, 0.15) is 11.6 Å². The standard InChI is InChI=1S/C10H11N3O2/c1-15-10(14)7-13-9(5-11)8-3-2-4-12-6-8/h2-4,6,9,13H,7H2,1H3. The molecule has 0 aliphatic heterocycles. The molecule has 0 bridgehead atoms. The van der Waals surface area contributed by atoms with Crippen molar-refractivity contribution < 1.29 is 9.53 Å². The summed E-state index contributed by atoms with van der Waals surface area (Å²) in [6.45, 7) is 0.00359. The van der Waals surface area contributed by atoms with Crippen LogP contribution in [0.3, 0.4) is 0 Å². The van der Waals surface area contributed by atoms with Crippen molar-refractivity contribution in [2.45, 2.75) is 6.04 Å². The van der Waals surface area contributed by atoms with E-state index in [1.54, 1.807) is 24.5 Å². The van der Waals surface area contributed by atoms with Crippen molar-refractivity contribution in [1.29, 1.82) is 5.26 Å². The second-order valence-electron chi connectivity index (χ2n) is 2.81. The summed E-state index contributed by atoms with van der Waals surface area (Å²) in [6, 6.07) is 5.00. The normalized spacial score (nSPS) is 11.5. The van der Waals surface area contributed by atoms with Gasteiger partial charge in [-0.15, -0.1) is 0 Å². The SMILES string of the molecule is COC(=O)CNC(C#N)c1cccnc1. The average molecular weight is 205 g/mol. The van der Waals surface area contributed by atoms with Crippen LogP contribution in [-0.2, 0) is 9.53 Å². The molecule has 1 unspecified atom stereocenters. The van der Waals surface area contributed by atoms with Gasteiger partial charge in [0.05, 0.1) is 19.7 Å². The maximum Gasteiger partial charge on any atom is 0.319 e. The quantitative estimate of drug-likeness (QED) is 0.720. The van der Waals surface area contributed by atoms with Crippen molar-refractivity contribution in [2.24, 2.45) is 0 Å². The lowest BCUT2D eigenvalue weighted by molar-refractivity contribution is -0.139. The van der Waals surface area contributed by atoms with Gasteiger partial charge in [-0.25, -0.2) is 0 Å². The van der Waals surface area contributed by atoms with Crippen LogP contribution in [0.2, 0.25) is 0 Å². The molecule has 0 fully saturated rings. The zero-order chi connectivity index (χ0) is 11.1. The first-order valence-electron chi connectivity index (χ1n) is 4.37. The van der Waals surface area contributed by atoms with E-state index in [2.05, 4.69) is 15.0 Å². The monoisotopic (exact) mass is 205 g/mol. The number of nitrogens with zero attached hydrogens (tertiary/aromatic N) is 2. The average Bonchev–Trinajstić information content (AvgIpc) is 2.31. The van der Waals surface area contributed by atoms with E-state index in [9.17, 15) is 4.79 Å². The Hall–Kier alpha value is -1.93. The van der Waals surface area contributed by atoms with E-state index in [0.717, 1.165) is 5.56 Å². The second kappa shape index (κ2) is 5.73. The summed E-state index contributed by atoms with van der Waals surface area (Å²) in [5.74, 6) is -0.404. The van der Waals surface area contributed by atoms with Gasteiger partial charge < -0.3 is 4.74 Å². The molecule has 1 aromatic heterocycles. The Morgan fingerprint density at radius 1 is 1.80 bits per heavy atom. The Balaban J connectivity index is 2.59. The lowest BCUT2D eigenvalue weighted by Gasteiger charge is -2.09. The van der Waals surface area contributed by atoms with E-state index in [-0.39, 0.29) is 6.54 Å². The smallest absolute Gasteiger partial charge is 0.319 e. The molecule has 0 aromatic carbocycles. The van der Waals surface area contributed by atoms with E-state index in [1.807, 2.05) is 6.07 Å². The van der Waals surface area contributed by atoms with Gasteiger partial charge in [0.15, 0.2) is 0 Å². The third-order valence-corrected chi connectivity index (χ3v) is 1.83. The predicted molar refractivity (Wildman–Crippen MR) is 52.6 cm³/mol. The summed E-state index contributed by atoms with van der Waals surface area (Å²) in [5, 5.41) is 11.6. The number of aromatic nitrogens is 1. The van der Waals surface area contributed by atoms with Gasteiger partial charge in [-0.2, -0.15) is 5.26 Å². The third-order valence-electron chi connectivity index (χ3n) is 1.83. The summed E-state index contributed by atoms with van der Waals surface area (Å²) in [6.07, 6.45) is 3.20. The molecule has 5 heteroatoms. The summed E-state index contributed by atoms with van der Waals surface area (Å²) >= 11 is 0. The minimum atomic E-state index is -0.544. The molecule has 0 amide bonds. The molecule has 1 rings (SSSR count). The van der Waals surface area contributed by atoms with Crippen molar-refractivity contribution in [2.75, 3.05) is 13.7 Å². The topological polar surface area (TPSA) is 75.0 Å². The Labute approximate surface area is 87.7 Å². The highest BCUT2D eigenvalue weighted by atomic mass is 16.5. The number of ether oxygens (including phenoxy) is 1. The fourth-order valence-electron chi connectivity index (χ4n) is 1.04. The van der Waals surface area contributed by atoms with Gasteiger partial charge in [-0.3, -0.25) is 15.1 Å². The summed E-state index contributed by atoms with van der Waals surface area (Å²) in [5.41, 5.74) is 0.726. The highest BCUT2D eigenvalue weighted by molar-refractivity contribution is 5.71. The van der Waals surface area contributed by atoms with Crippen LogP contribution in [0.5, 0.6) is 0 Å². The summed E-state index contributed by atoms with van der Waals surface area (Å²) in [7, 11) is 1.30.